The third-order valence-corrected chi connectivity index (χ3v) is 3.39. The van der Waals surface area contributed by atoms with Gasteiger partial charge in [-0.2, -0.15) is 5.26 Å². The van der Waals surface area contributed by atoms with Crippen molar-refractivity contribution in [2.75, 3.05) is 0 Å². The molecule has 112 valence electrons. The highest BCUT2D eigenvalue weighted by atomic mass is 16.3. The number of hydrogen-bond donors (Lipinski definition) is 1. The summed E-state index contributed by atoms with van der Waals surface area (Å²) in [4.78, 5) is 24.4. The standard InChI is InChI=1S/C17H16N2O3/c1-2-15(12-6-4-3-5-7-12)19-17(21)14(10-18)16(20)13-8-9-22-11-13/h3-9,11,14-15H,2H2,1H3,(H,19,21)/t14-,15+/m0/s1. The molecule has 1 N–H and O–H groups in total. The Bertz CT molecular complexity index is 672. The average Bonchev–Trinajstić information content (AvgIpc) is 3.08. The number of furan rings is 1. The predicted octanol–water partition coefficient (Wildman–Crippen LogP) is 2.87. The smallest absolute Gasteiger partial charge is 0.245 e. The SMILES string of the molecule is CC[C@@H](NC(=O)[C@@H](C#N)C(=O)c1ccoc1)c1ccccc1. The number of hydrogen-bond acceptors (Lipinski definition) is 4. The van der Waals surface area contributed by atoms with Gasteiger partial charge in [0.2, 0.25) is 5.91 Å². The topological polar surface area (TPSA) is 83.1 Å². The number of amides is 1. The molecule has 0 bridgehead atoms. The second-order valence-corrected chi connectivity index (χ2v) is 4.82. The Labute approximate surface area is 128 Å². The lowest BCUT2D eigenvalue weighted by Crippen LogP contribution is -2.36. The van der Waals surface area contributed by atoms with Gasteiger partial charge >= 0.3 is 0 Å². The van der Waals surface area contributed by atoms with Gasteiger partial charge in [0.15, 0.2) is 11.7 Å². The van der Waals surface area contributed by atoms with E-state index < -0.39 is 17.6 Å². The van der Waals surface area contributed by atoms with E-state index >= 15 is 0 Å². The summed E-state index contributed by atoms with van der Waals surface area (Å²) in [5, 5.41) is 11.9. The maximum Gasteiger partial charge on any atom is 0.245 e. The molecule has 5 nitrogen and oxygen atoms in total. The van der Waals surface area contributed by atoms with Gasteiger partial charge in [-0.15, -0.1) is 0 Å². The lowest BCUT2D eigenvalue weighted by atomic mass is 9.98. The monoisotopic (exact) mass is 296 g/mol. The van der Waals surface area contributed by atoms with E-state index in [0.29, 0.717) is 6.42 Å². The van der Waals surface area contributed by atoms with E-state index in [9.17, 15) is 9.59 Å². The Hall–Kier alpha value is -2.87. The Kier molecular flexibility index (Phi) is 5.10. The van der Waals surface area contributed by atoms with Crippen molar-refractivity contribution < 1.29 is 14.0 Å². The third kappa shape index (κ3) is 3.41. The van der Waals surface area contributed by atoms with Gasteiger partial charge in [-0.1, -0.05) is 37.3 Å². The van der Waals surface area contributed by atoms with Crippen molar-refractivity contribution in [2.24, 2.45) is 5.92 Å². The van der Waals surface area contributed by atoms with Crippen LogP contribution in [0.3, 0.4) is 0 Å². The first-order valence-electron chi connectivity index (χ1n) is 6.98. The number of nitrogens with zero attached hydrogens (tertiary/aromatic N) is 1. The summed E-state index contributed by atoms with van der Waals surface area (Å²) in [6.07, 6.45) is 3.22. The van der Waals surface area contributed by atoms with Gasteiger partial charge in [-0.25, -0.2) is 0 Å². The van der Waals surface area contributed by atoms with Crippen LogP contribution in [0.15, 0.2) is 53.3 Å². The summed E-state index contributed by atoms with van der Waals surface area (Å²) in [5.41, 5.74) is 1.15. The first-order chi connectivity index (χ1) is 10.7. The van der Waals surface area contributed by atoms with Crippen molar-refractivity contribution in [1.29, 1.82) is 5.26 Å². The minimum atomic E-state index is -1.38. The van der Waals surface area contributed by atoms with Gasteiger partial charge < -0.3 is 9.73 Å². The molecule has 2 aromatic rings. The molecular weight excluding hydrogens is 280 g/mol. The minimum absolute atomic E-state index is 0.217. The minimum Gasteiger partial charge on any atom is -0.472 e. The van der Waals surface area contributed by atoms with Gasteiger partial charge in [0.25, 0.3) is 0 Å². The van der Waals surface area contributed by atoms with Crippen molar-refractivity contribution in [1.82, 2.24) is 5.32 Å². The number of benzene rings is 1. The molecule has 2 atom stereocenters. The summed E-state index contributed by atoms with van der Waals surface area (Å²) < 4.78 is 4.82. The van der Waals surface area contributed by atoms with Crippen LogP contribution in [-0.4, -0.2) is 11.7 Å². The summed E-state index contributed by atoms with van der Waals surface area (Å²) >= 11 is 0. The van der Waals surface area contributed by atoms with Gasteiger partial charge in [-0.05, 0) is 18.1 Å². The molecule has 0 radical (unpaired) electrons. The second-order valence-electron chi connectivity index (χ2n) is 4.82. The van der Waals surface area contributed by atoms with E-state index in [2.05, 4.69) is 5.32 Å². The Balaban J connectivity index is 2.12. The zero-order chi connectivity index (χ0) is 15.9. The highest BCUT2D eigenvalue weighted by Crippen LogP contribution is 2.18. The molecule has 2 rings (SSSR count). The van der Waals surface area contributed by atoms with Crippen LogP contribution in [0.2, 0.25) is 0 Å². The van der Waals surface area contributed by atoms with E-state index in [4.69, 9.17) is 9.68 Å². The molecule has 0 saturated carbocycles. The van der Waals surface area contributed by atoms with Crippen LogP contribution in [0.25, 0.3) is 0 Å². The van der Waals surface area contributed by atoms with Crippen LogP contribution in [0.1, 0.15) is 35.3 Å². The molecule has 1 amide bonds. The maximum atomic E-state index is 12.3. The molecular formula is C17H16N2O3. The third-order valence-electron chi connectivity index (χ3n) is 3.39. The molecule has 0 fully saturated rings. The molecule has 0 saturated heterocycles. The van der Waals surface area contributed by atoms with E-state index in [0.717, 1.165) is 5.56 Å². The van der Waals surface area contributed by atoms with Crippen LogP contribution >= 0.6 is 0 Å². The van der Waals surface area contributed by atoms with Crippen molar-refractivity contribution >= 4 is 11.7 Å². The fourth-order valence-corrected chi connectivity index (χ4v) is 2.17. The second kappa shape index (κ2) is 7.23. The number of carbonyl (C=O) groups is 2. The summed E-state index contributed by atoms with van der Waals surface area (Å²) in [5.74, 6) is -2.53. The molecule has 0 unspecified atom stereocenters. The first-order valence-corrected chi connectivity index (χ1v) is 6.98. The Morgan fingerprint density at radius 3 is 2.55 bits per heavy atom. The van der Waals surface area contributed by atoms with Gasteiger partial charge in [0.05, 0.1) is 23.9 Å². The highest BCUT2D eigenvalue weighted by Gasteiger charge is 2.29. The van der Waals surface area contributed by atoms with Gasteiger partial charge in [0.1, 0.15) is 6.26 Å². The van der Waals surface area contributed by atoms with Crippen molar-refractivity contribution in [3.8, 4) is 6.07 Å². The van der Waals surface area contributed by atoms with Crippen molar-refractivity contribution in [3.63, 3.8) is 0 Å². The number of Topliss-reactive ketones (excluding diaryl/α,β-unsaturated/α-hetero) is 1. The highest BCUT2D eigenvalue weighted by molar-refractivity contribution is 6.12. The van der Waals surface area contributed by atoms with Crippen LogP contribution in [0, 0.1) is 17.2 Å². The quantitative estimate of drug-likeness (QED) is 0.656. The number of nitriles is 1. The van der Waals surface area contributed by atoms with Gasteiger partial charge in [-0.3, -0.25) is 9.59 Å². The molecule has 0 spiro atoms. The zero-order valence-corrected chi connectivity index (χ0v) is 12.2. The van der Waals surface area contributed by atoms with Crippen LogP contribution in [0.5, 0.6) is 0 Å². The Morgan fingerprint density at radius 1 is 1.27 bits per heavy atom. The fraction of sp³-hybridized carbons (Fsp3) is 0.235. The van der Waals surface area contributed by atoms with E-state index in [1.54, 1.807) is 6.07 Å². The molecule has 1 heterocycles. The molecule has 0 aliphatic carbocycles. The number of rotatable bonds is 6. The number of ketones is 1. The van der Waals surface area contributed by atoms with E-state index in [1.807, 2.05) is 37.3 Å². The van der Waals surface area contributed by atoms with Crippen LogP contribution in [0.4, 0.5) is 0 Å². The Morgan fingerprint density at radius 2 is 2.00 bits per heavy atom. The predicted molar refractivity (Wildman–Crippen MR) is 79.8 cm³/mol. The largest absolute Gasteiger partial charge is 0.472 e. The summed E-state index contributed by atoms with van der Waals surface area (Å²) in [7, 11) is 0. The van der Waals surface area contributed by atoms with E-state index in [-0.39, 0.29) is 11.6 Å². The molecule has 1 aromatic carbocycles. The van der Waals surface area contributed by atoms with Gasteiger partial charge in [0, 0.05) is 0 Å². The molecule has 0 aliphatic rings. The zero-order valence-electron chi connectivity index (χ0n) is 12.2. The van der Waals surface area contributed by atoms with Crippen molar-refractivity contribution in [3.05, 3.63) is 60.1 Å². The van der Waals surface area contributed by atoms with Crippen LogP contribution < -0.4 is 5.32 Å². The lowest BCUT2D eigenvalue weighted by molar-refractivity contribution is -0.123. The van der Waals surface area contributed by atoms with E-state index in [1.165, 1.54) is 18.6 Å². The van der Waals surface area contributed by atoms with Crippen LogP contribution in [-0.2, 0) is 4.79 Å². The molecule has 5 heteroatoms. The van der Waals surface area contributed by atoms with Crippen molar-refractivity contribution in [2.45, 2.75) is 19.4 Å². The number of carbonyl (C=O) groups excluding carboxylic acids is 2. The lowest BCUT2D eigenvalue weighted by Gasteiger charge is -2.18. The first kappa shape index (κ1) is 15.5. The summed E-state index contributed by atoms with van der Waals surface area (Å²) in [6.45, 7) is 1.93. The fourth-order valence-electron chi connectivity index (χ4n) is 2.17. The average molecular weight is 296 g/mol. The summed E-state index contributed by atoms with van der Waals surface area (Å²) in [6, 6.07) is 12.4. The molecule has 0 aliphatic heterocycles. The molecule has 22 heavy (non-hydrogen) atoms. The maximum absolute atomic E-state index is 12.3. The number of nitrogens with one attached hydrogen (secondary N) is 1. The molecule has 1 aromatic heterocycles. The normalized spacial score (nSPS) is 12.9.